The number of esters is 1. The molecule has 4 aliphatic rings. The zero-order valence-electron chi connectivity index (χ0n) is 34.2. The fourth-order valence-corrected chi connectivity index (χ4v) is 10.1. The van der Waals surface area contributed by atoms with E-state index >= 15 is 0 Å². The third-order valence-electron chi connectivity index (χ3n) is 12.1. The molecular formula is C41H60N4O9S. The molecule has 304 valence electrons. The van der Waals surface area contributed by atoms with Crippen molar-refractivity contribution in [1.29, 1.82) is 0 Å². The predicted molar refractivity (Wildman–Crippen MR) is 210 cm³/mol. The minimum absolute atomic E-state index is 0.151. The molecule has 5 rings (SSSR count). The van der Waals surface area contributed by atoms with Crippen molar-refractivity contribution in [2.24, 2.45) is 39.2 Å². The number of ether oxygens (including phenoxy) is 4. The van der Waals surface area contributed by atoms with Crippen LogP contribution in [-0.2, 0) is 33.4 Å². The SMILES string of the molecule is CC[C@H]1OC(=O)[C@H](C)C(=O)[C@H](C)[C@@H](OC2O[C@H](C)C[C@H](N(C)C)[C@H]2O)[C@@](C)(CC#Cc2ccc(/C=N\OC)s2)C[C@@H](C)C2=NCCN3C(=O)O[C@@]1(C)[C@H]3[C@H]2C. The summed E-state index contributed by atoms with van der Waals surface area (Å²) in [5.74, 6) is 3.27. The highest BCUT2D eigenvalue weighted by atomic mass is 32.1. The summed E-state index contributed by atoms with van der Waals surface area (Å²) >= 11 is 1.48. The number of carbonyl (C=O) groups is 3. The van der Waals surface area contributed by atoms with Crippen LogP contribution in [0.25, 0.3) is 0 Å². The summed E-state index contributed by atoms with van der Waals surface area (Å²) in [5, 5.41) is 15.5. The number of aliphatic hydroxyl groups excluding tert-OH is 1. The lowest BCUT2D eigenvalue weighted by molar-refractivity contribution is -0.286. The van der Waals surface area contributed by atoms with Gasteiger partial charge in [-0.1, -0.05) is 51.6 Å². The Balaban J connectivity index is 1.63. The van der Waals surface area contributed by atoms with Gasteiger partial charge in [0.05, 0.1) is 35.9 Å². The van der Waals surface area contributed by atoms with E-state index in [0.717, 1.165) is 15.5 Å². The molecule has 1 aromatic rings. The van der Waals surface area contributed by atoms with Crippen molar-refractivity contribution in [2.75, 3.05) is 34.3 Å². The van der Waals surface area contributed by atoms with Crippen LogP contribution < -0.4 is 0 Å². The first-order valence-electron chi connectivity index (χ1n) is 19.5. The van der Waals surface area contributed by atoms with Crippen molar-refractivity contribution in [1.82, 2.24) is 9.80 Å². The minimum Gasteiger partial charge on any atom is -0.458 e. The number of rotatable bonds is 7. The second-order valence-electron chi connectivity index (χ2n) is 16.5. The number of cyclic esters (lactones) is 1. The highest BCUT2D eigenvalue weighted by Crippen LogP contribution is 2.46. The molecule has 1 unspecified atom stereocenters. The highest BCUT2D eigenvalue weighted by molar-refractivity contribution is 7.14. The average molecular weight is 785 g/mol. The van der Waals surface area contributed by atoms with Gasteiger partial charge in [-0.05, 0) is 72.2 Å². The Hall–Kier alpha value is -3.35. The van der Waals surface area contributed by atoms with E-state index in [-0.39, 0.29) is 29.8 Å². The number of hydrogen-bond donors (Lipinski definition) is 1. The number of aliphatic hydroxyl groups is 1. The number of ketones is 1. The van der Waals surface area contributed by atoms with Gasteiger partial charge in [0.1, 0.15) is 25.2 Å². The van der Waals surface area contributed by atoms with E-state index in [9.17, 15) is 19.5 Å². The van der Waals surface area contributed by atoms with Crippen LogP contribution in [0.2, 0.25) is 0 Å². The van der Waals surface area contributed by atoms with E-state index in [1.807, 2.05) is 51.9 Å². The summed E-state index contributed by atoms with van der Waals surface area (Å²) in [6, 6.07) is 3.14. The molecule has 0 saturated carbocycles. The maximum atomic E-state index is 14.6. The lowest BCUT2D eigenvalue weighted by atomic mass is 9.66. The van der Waals surface area contributed by atoms with E-state index in [4.69, 9.17) is 28.8 Å². The van der Waals surface area contributed by atoms with E-state index < -0.39 is 65.6 Å². The molecule has 1 aromatic heterocycles. The summed E-state index contributed by atoms with van der Waals surface area (Å²) in [6.45, 7) is 16.0. The number of aliphatic imine (C=N–C) groups is 1. The van der Waals surface area contributed by atoms with E-state index in [1.165, 1.54) is 18.4 Å². The van der Waals surface area contributed by atoms with Gasteiger partial charge in [0, 0.05) is 46.8 Å². The number of thiophene rings is 1. The number of carbonyl (C=O) groups excluding carboxylic acids is 3. The molecule has 0 aromatic carbocycles. The van der Waals surface area contributed by atoms with Crippen molar-refractivity contribution < 1.29 is 43.3 Å². The molecule has 4 aliphatic heterocycles. The van der Waals surface area contributed by atoms with Gasteiger partial charge in [0.2, 0.25) is 0 Å². The Morgan fingerprint density at radius 1 is 1.15 bits per heavy atom. The monoisotopic (exact) mass is 784 g/mol. The quantitative estimate of drug-likeness (QED) is 0.129. The number of amides is 1. The van der Waals surface area contributed by atoms with Crippen LogP contribution in [0.1, 0.15) is 90.8 Å². The molecule has 13 nitrogen and oxygen atoms in total. The predicted octanol–water partition coefficient (Wildman–Crippen LogP) is 5.16. The molecule has 2 bridgehead atoms. The van der Waals surface area contributed by atoms with Crippen molar-refractivity contribution in [3.63, 3.8) is 0 Å². The van der Waals surface area contributed by atoms with Crippen molar-refractivity contribution in [3.8, 4) is 11.8 Å². The van der Waals surface area contributed by atoms with Gasteiger partial charge in [-0.3, -0.25) is 19.5 Å². The second kappa shape index (κ2) is 17.4. The van der Waals surface area contributed by atoms with Gasteiger partial charge < -0.3 is 33.8 Å². The standard InChI is InChI=1S/C41H60N4O9S/c1-12-31-41(8)35-25(4)32(42-18-19-45(35)39(49)54-41)23(2)21-40(7,17-13-14-28-15-16-29(55-28)22-43-50-11)36(26(5)33(46)27(6)37(48)52-31)53-38-34(47)30(44(9)10)20-24(3)51-38/h15-16,22-27,30-31,34-36,38,47H,12,17-21H2,1-11H3/b43-22-/t23-,24-,25+,26+,27-,30+,31-,34-,35-,36-,38?,40+,41-/m1/s1. The summed E-state index contributed by atoms with van der Waals surface area (Å²) in [6.07, 6.45) is -0.977. The van der Waals surface area contributed by atoms with Crippen LogP contribution in [0.3, 0.4) is 0 Å². The van der Waals surface area contributed by atoms with E-state index in [2.05, 4.69) is 37.8 Å². The largest absolute Gasteiger partial charge is 0.458 e. The smallest absolute Gasteiger partial charge is 0.410 e. The Morgan fingerprint density at radius 2 is 1.87 bits per heavy atom. The lowest BCUT2D eigenvalue weighted by Gasteiger charge is -2.47. The Kier molecular flexibility index (Phi) is 13.6. The maximum Gasteiger partial charge on any atom is 0.410 e. The fourth-order valence-electron chi connectivity index (χ4n) is 9.39. The zero-order chi connectivity index (χ0) is 40.4. The molecule has 3 saturated heterocycles. The van der Waals surface area contributed by atoms with Crippen LogP contribution >= 0.6 is 11.3 Å². The Labute approximate surface area is 330 Å². The van der Waals surface area contributed by atoms with Crippen LogP contribution in [0.5, 0.6) is 0 Å². The van der Waals surface area contributed by atoms with Crippen molar-refractivity contribution >= 4 is 41.1 Å². The molecule has 1 N–H and O–H groups in total. The number of hydrogen-bond acceptors (Lipinski definition) is 13. The molecule has 0 radical (unpaired) electrons. The van der Waals surface area contributed by atoms with Crippen molar-refractivity contribution in [3.05, 3.63) is 21.9 Å². The van der Waals surface area contributed by atoms with E-state index in [1.54, 1.807) is 25.0 Å². The van der Waals surface area contributed by atoms with Gasteiger partial charge in [-0.15, -0.1) is 11.3 Å². The number of Topliss-reactive ketones (excluding diaryl/α,β-unsaturated/α-hetero) is 1. The van der Waals surface area contributed by atoms with Gasteiger partial charge in [0.25, 0.3) is 0 Å². The molecule has 1 amide bonds. The first-order chi connectivity index (χ1) is 25.9. The van der Waals surface area contributed by atoms with Crippen LogP contribution in [0, 0.1) is 40.9 Å². The summed E-state index contributed by atoms with van der Waals surface area (Å²) in [4.78, 5) is 57.3. The molecule has 0 aliphatic carbocycles. The van der Waals surface area contributed by atoms with Gasteiger partial charge in [0.15, 0.2) is 17.7 Å². The maximum absolute atomic E-state index is 14.6. The van der Waals surface area contributed by atoms with Crippen LogP contribution in [0.4, 0.5) is 4.79 Å². The number of oxime groups is 1. The zero-order valence-corrected chi connectivity index (χ0v) is 35.1. The molecule has 5 heterocycles. The molecular weight excluding hydrogens is 725 g/mol. The lowest BCUT2D eigenvalue weighted by Crippen LogP contribution is -2.58. The summed E-state index contributed by atoms with van der Waals surface area (Å²) in [5.41, 5.74) is -1.10. The number of nitrogens with zero attached hydrogens (tertiary/aromatic N) is 4. The normalized spacial score (nSPS) is 38.8. The first kappa shape index (κ1) is 42.8. The summed E-state index contributed by atoms with van der Waals surface area (Å²) < 4.78 is 25.5. The third-order valence-corrected chi connectivity index (χ3v) is 13.1. The average Bonchev–Trinajstić information content (AvgIpc) is 3.63. The Bertz CT molecular complexity index is 1690. The first-order valence-corrected chi connectivity index (χ1v) is 20.4. The molecule has 3 fully saturated rings. The van der Waals surface area contributed by atoms with Crippen molar-refractivity contribution in [2.45, 2.75) is 129 Å². The van der Waals surface area contributed by atoms with Crippen LogP contribution in [0.15, 0.2) is 22.3 Å². The number of fused-ring (bicyclic) bond motifs is 1. The van der Waals surface area contributed by atoms with Gasteiger partial charge in [-0.25, -0.2) is 4.79 Å². The third kappa shape index (κ3) is 8.81. The highest BCUT2D eigenvalue weighted by Gasteiger charge is 2.60. The van der Waals surface area contributed by atoms with Gasteiger partial charge in [-0.2, -0.15) is 0 Å². The molecule has 55 heavy (non-hydrogen) atoms. The second-order valence-corrected chi connectivity index (χ2v) is 17.6. The topological polar surface area (TPSA) is 149 Å². The van der Waals surface area contributed by atoms with Gasteiger partial charge >= 0.3 is 12.1 Å². The number of likely N-dealkylation sites (N-methyl/N-ethyl adjacent to an activating group) is 1. The van der Waals surface area contributed by atoms with E-state index in [0.29, 0.717) is 38.8 Å². The molecule has 14 heteroatoms. The Morgan fingerprint density at radius 3 is 2.55 bits per heavy atom. The molecule has 0 spiro atoms. The minimum atomic E-state index is -1.17. The van der Waals surface area contributed by atoms with Crippen LogP contribution in [-0.4, -0.2) is 127 Å². The molecule has 13 atom stereocenters. The summed E-state index contributed by atoms with van der Waals surface area (Å²) in [7, 11) is 5.32. The fraction of sp³-hybridized carbons (Fsp3) is 0.732.